The van der Waals surface area contributed by atoms with Crippen LogP contribution in [0.1, 0.15) is 278 Å². The minimum Gasteiger partial charge on any atom is -0.462 e. The third kappa shape index (κ3) is 58.8. The van der Waals surface area contributed by atoms with Crippen molar-refractivity contribution in [2.45, 2.75) is 284 Å². The van der Waals surface area contributed by atoms with E-state index in [9.17, 15) is 14.4 Å². The third-order valence-electron chi connectivity index (χ3n) is 12.8. The molecule has 416 valence electrons. The first-order valence-corrected chi connectivity index (χ1v) is 30.4. The predicted octanol–water partition coefficient (Wildman–Crippen LogP) is 20.7. The number of hydrogen-bond acceptors (Lipinski definition) is 6. The van der Waals surface area contributed by atoms with Gasteiger partial charge in [0.25, 0.3) is 0 Å². The minimum atomic E-state index is -0.787. The zero-order chi connectivity index (χ0) is 52.9. The topological polar surface area (TPSA) is 78.9 Å². The van der Waals surface area contributed by atoms with E-state index in [-0.39, 0.29) is 31.1 Å². The SMILES string of the molecule is CC/C=C\C/C=C\C/C=C\C/C=C\C/C=C\C/C=C\C/C=C\C/C=C\CCCCCCCCC(=O)OCC(COC(=O)CCCCCCCCCCCC)OC(=O)CCCCCCC/C=C\CCCCCCC. The molecule has 1 atom stereocenters. The van der Waals surface area contributed by atoms with Crippen LogP contribution in [0.4, 0.5) is 0 Å². The molecule has 0 aromatic rings. The van der Waals surface area contributed by atoms with Gasteiger partial charge in [-0.1, -0.05) is 259 Å². The summed E-state index contributed by atoms with van der Waals surface area (Å²) in [6.45, 7) is 6.49. The maximum absolute atomic E-state index is 12.8. The number of ether oxygens (including phenoxy) is 3. The van der Waals surface area contributed by atoms with Crippen molar-refractivity contribution in [3.05, 3.63) is 109 Å². The van der Waals surface area contributed by atoms with Gasteiger partial charge in [0.2, 0.25) is 0 Å². The minimum absolute atomic E-state index is 0.0845. The van der Waals surface area contributed by atoms with Gasteiger partial charge < -0.3 is 14.2 Å². The zero-order valence-corrected chi connectivity index (χ0v) is 47.6. The van der Waals surface area contributed by atoms with E-state index in [1.165, 1.54) is 103 Å². The van der Waals surface area contributed by atoms with Gasteiger partial charge in [-0.3, -0.25) is 14.4 Å². The quantitative estimate of drug-likeness (QED) is 0.0261. The average Bonchev–Trinajstić information content (AvgIpc) is 3.39. The van der Waals surface area contributed by atoms with Crippen molar-refractivity contribution in [3.63, 3.8) is 0 Å². The lowest BCUT2D eigenvalue weighted by Gasteiger charge is -2.18. The molecule has 0 bridgehead atoms. The van der Waals surface area contributed by atoms with Crippen LogP contribution in [0.2, 0.25) is 0 Å². The maximum Gasteiger partial charge on any atom is 0.306 e. The molecule has 73 heavy (non-hydrogen) atoms. The molecule has 0 aliphatic heterocycles. The monoisotopic (exact) mass is 1010 g/mol. The van der Waals surface area contributed by atoms with Crippen LogP contribution in [0.5, 0.6) is 0 Å². The summed E-state index contributed by atoms with van der Waals surface area (Å²) in [5.74, 6) is -0.907. The standard InChI is InChI=1S/C67H112O6/c1-4-7-10-13-16-19-22-24-26-27-28-29-30-31-32-33-34-35-36-37-38-39-40-41-42-44-45-48-51-54-57-60-66(69)72-63-64(62-71-65(68)59-56-53-50-47-21-18-15-12-9-6-3)73-67(70)61-58-55-52-49-46-43-25-23-20-17-14-11-8-5-2/h7,10,16,19,23-26,28-29,31-32,34-35,37-38,40-41,64H,4-6,8-9,11-15,17-18,20-22,27,30,33,36,39,42-63H2,1-3H3/b10-7-,19-16-,25-23-,26-24-,29-28-,32-31-,35-34-,38-37-,41-40-. The molecule has 0 rings (SSSR count). The smallest absolute Gasteiger partial charge is 0.306 e. The van der Waals surface area contributed by atoms with Crippen molar-refractivity contribution < 1.29 is 28.6 Å². The van der Waals surface area contributed by atoms with E-state index in [4.69, 9.17) is 14.2 Å². The lowest BCUT2D eigenvalue weighted by atomic mass is 10.1. The Labute approximate surface area is 450 Å². The molecule has 0 N–H and O–H groups in total. The number of rotatable bonds is 54. The Bertz CT molecular complexity index is 1490. The summed E-state index contributed by atoms with van der Waals surface area (Å²) < 4.78 is 16.8. The maximum atomic E-state index is 12.8. The van der Waals surface area contributed by atoms with Gasteiger partial charge >= 0.3 is 17.9 Å². The summed E-state index contributed by atoms with van der Waals surface area (Å²) in [5, 5.41) is 0. The fourth-order valence-corrected chi connectivity index (χ4v) is 8.22. The predicted molar refractivity (Wildman–Crippen MR) is 316 cm³/mol. The summed E-state index contributed by atoms with van der Waals surface area (Å²) in [5.41, 5.74) is 0. The van der Waals surface area contributed by atoms with E-state index >= 15 is 0 Å². The number of carbonyl (C=O) groups excluding carboxylic acids is 3. The van der Waals surface area contributed by atoms with E-state index < -0.39 is 6.10 Å². The van der Waals surface area contributed by atoms with Gasteiger partial charge in [0.05, 0.1) is 0 Å². The van der Waals surface area contributed by atoms with Gasteiger partial charge in [0.15, 0.2) is 6.10 Å². The van der Waals surface area contributed by atoms with Crippen molar-refractivity contribution in [1.29, 1.82) is 0 Å². The third-order valence-corrected chi connectivity index (χ3v) is 12.8. The van der Waals surface area contributed by atoms with Crippen LogP contribution < -0.4 is 0 Å². The first-order chi connectivity index (χ1) is 36.0. The van der Waals surface area contributed by atoms with E-state index in [2.05, 4.69) is 130 Å². The highest BCUT2D eigenvalue weighted by molar-refractivity contribution is 5.71. The molecule has 1 unspecified atom stereocenters. The molecule has 0 aliphatic carbocycles. The largest absolute Gasteiger partial charge is 0.462 e. The van der Waals surface area contributed by atoms with E-state index in [0.29, 0.717) is 19.3 Å². The van der Waals surface area contributed by atoms with Crippen LogP contribution in [0.15, 0.2) is 109 Å². The second-order valence-corrected chi connectivity index (χ2v) is 19.9. The van der Waals surface area contributed by atoms with E-state index in [0.717, 1.165) is 135 Å². The highest BCUT2D eigenvalue weighted by Crippen LogP contribution is 2.15. The first-order valence-electron chi connectivity index (χ1n) is 30.4. The molecule has 0 aromatic carbocycles. The Kier molecular flexibility index (Phi) is 57.4. The number of allylic oxidation sites excluding steroid dienone is 18. The van der Waals surface area contributed by atoms with Crippen molar-refractivity contribution in [3.8, 4) is 0 Å². The fraction of sp³-hybridized carbons (Fsp3) is 0.687. The van der Waals surface area contributed by atoms with Crippen molar-refractivity contribution in [2.24, 2.45) is 0 Å². The number of carbonyl (C=O) groups is 3. The summed E-state index contributed by atoms with van der Waals surface area (Å²) >= 11 is 0. The van der Waals surface area contributed by atoms with Crippen molar-refractivity contribution >= 4 is 17.9 Å². The van der Waals surface area contributed by atoms with Crippen LogP contribution >= 0.6 is 0 Å². The van der Waals surface area contributed by atoms with Crippen LogP contribution in [0.3, 0.4) is 0 Å². The van der Waals surface area contributed by atoms with Gasteiger partial charge in [0, 0.05) is 19.3 Å². The van der Waals surface area contributed by atoms with Gasteiger partial charge in [-0.2, -0.15) is 0 Å². The van der Waals surface area contributed by atoms with E-state index in [1.807, 2.05) is 0 Å². The molecule has 0 heterocycles. The van der Waals surface area contributed by atoms with Gasteiger partial charge in [-0.05, 0) is 109 Å². The molecule has 0 amide bonds. The Morgan fingerprint density at radius 1 is 0.288 bits per heavy atom. The molecule has 0 saturated heterocycles. The summed E-state index contributed by atoms with van der Waals surface area (Å²) in [6, 6.07) is 0. The Morgan fingerprint density at radius 3 is 0.849 bits per heavy atom. The van der Waals surface area contributed by atoms with Crippen LogP contribution in [0, 0.1) is 0 Å². The van der Waals surface area contributed by atoms with Crippen LogP contribution in [-0.2, 0) is 28.6 Å². The highest BCUT2D eigenvalue weighted by atomic mass is 16.6. The van der Waals surface area contributed by atoms with Crippen molar-refractivity contribution in [1.82, 2.24) is 0 Å². The molecule has 6 heteroatoms. The Hall–Kier alpha value is -3.93. The summed E-state index contributed by atoms with van der Waals surface area (Å²) in [7, 11) is 0. The lowest BCUT2D eigenvalue weighted by Crippen LogP contribution is -2.30. The van der Waals surface area contributed by atoms with E-state index in [1.54, 1.807) is 0 Å². The molecule has 0 spiro atoms. The first kappa shape index (κ1) is 69.1. The van der Waals surface area contributed by atoms with Gasteiger partial charge in [0.1, 0.15) is 13.2 Å². The molecular formula is C67H112O6. The Morgan fingerprint density at radius 2 is 0.534 bits per heavy atom. The molecule has 6 nitrogen and oxygen atoms in total. The summed E-state index contributed by atoms with van der Waals surface area (Å²) in [6.07, 6.45) is 82.3. The molecule has 0 radical (unpaired) electrons. The fourth-order valence-electron chi connectivity index (χ4n) is 8.22. The number of esters is 3. The Balaban J connectivity index is 4.26. The molecular weight excluding hydrogens is 901 g/mol. The molecule has 0 saturated carbocycles. The highest BCUT2D eigenvalue weighted by Gasteiger charge is 2.19. The number of unbranched alkanes of at least 4 members (excludes halogenated alkanes) is 25. The molecule has 0 aromatic heterocycles. The number of hydrogen-bond donors (Lipinski definition) is 0. The molecule has 0 fully saturated rings. The lowest BCUT2D eigenvalue weighted by molar-refractivity contribution is -0.167. The second kappa shape index (κ2) is 60.6. The van der Waals surface area contributed by atoms with Crippen LogP contribution in [-0.4, -0.2) is 37.2 Å². The molecule has 0 aliphatic rings. The van der Waals surface area contributed by atoms with Gasteiger partial charge in [-0.25, -0.2) is 0 Å². The zero-order valence-electron chi connectivity index (χ0n) is 47.6. The normalized spacial score (nSPS) is 12.9. The average molecular weight is 1010 g/mol. The van der Waals surface area contributed by atoms with Crippen LogP contribution in [0.25, 0.3) is 0 Å². The van der Waals surface area contributed by atoms with Crippen molar-refractivity contribution in [2.75, 3.05) is 13.2 Å². The second-order valence-electron chi connectivity index (χ2n) is 19.9. The summed E-state index contributed by atoms with van der Waals surface area (Å²) in [4.78, 5) is 38.1. The van der Waals surface area contributed by atoms with Gasteiger partial charge in [-0.15, -0.1) is 0 Å².